The van der Waals surface area contributed by atoms with Crippen molar-refractivity contribution in [2.75, 3.05) is 11.0 Å². The molecule has 0 bridgehead atoms. The molecule has 82 valence electrons. The molecule has 0 aliphatic carbocycles. The van der Waals surface area contributed by atoms with Crippen LogP contribution in [0.4, 0.5) is 5.69 Å². The molecule has 0 fully saturated rings. The maximum Gasteiger partial charge on any atom is 0.406 e. The molecule has 0 aliphatic rings. The third-order valence-electron chi connectivity index (χ3n) is 2.09. The van der Waals surface area contributed by atoms with Crippen LogP contribution in [-0.4, -0.2) is 17.8 Å². The van der Waals surface area contributed by atoms with Crippen molar-refractivity contribution < 1.29 is 5.02 Å². The second-order valence-corrected chi connectivity index (χ2v) is 4.89. The van der Waals surface area contributed by atoms with Crippen molar-refractivity contribution in [1.82, 2.24) is 0 Å². The van der Waals surface area contributed by atoms with E-state index >= 15 is 0 Å². The molecule has 0 amide bonds. The lowest BCUT2D eigenvalue weighted by Gasteiger charge is -2.12. The van der Waals surface area contributed by atoms with E-state index in [2.05, 4.69) is 31.2 Å². The molecule has 0 saturated carbocycles. The highest BCUT2D eigenvalue weighted by Crippen LogP contribution is 2.22. The van der Waals surface area contributed by atoms with E-state index in [4.69, 9.17) is 0 Å². The molecule has 0 atom stereocenters. The van der Waals surface area contributed by atoms with E-state index < -0.39 is 7.05 Å². The Bertz CT molecular complexity index is 317. The second kappa shape index (κ2) is 6.08. The first-order valence-corrected chi connectivity index (χ1v) is 6.40. The Morgan fingerprint density at radius 1 is 1.47 bits per heavy atom. The van der Waals surface area contributed by atoms with Crippen LogP contribution in [0.1, 0.15) is 18.1 Å². The fourth-order valence-electron chi connectivity index (χ4n) is 1.42. The Balaban J connectivity index is 2.82. The van der Waals surface area contributed by atoms with Crippen LogP contribution in [0.3, 0.4) is 0 Å². The van der Waals surface area contributed by atoms with Gasteiger partial charge in [-0.05, 0) is 31.1 Å². The fourth-order valence-corrected chi connectivity index (χ4v) is 2.08. The summed E-state index contributed by atoms with van der Waals surface area (Å²) < 4.78 is 0. The zero-order valence-electron chi connectivity index (χ0n) is 9.58. The minimum absolute atomic E-state index is 0.502. The summed E-state index contributed by atoms with van der Waals surface area (Å²) in [5.41, 5.74) is 3.57. The van der Waals surface area contributed by atoms with Gasteiger partial charge < -0.3 is 10.3 Å². The third-order valence-corrected chi connectivity index (χ3v) is 3.01. The molecule has 0 heterocycles. The molecule has 0 aromatic heterocycles. The zero-order valence-corrected chi connectivity index (χ0v) is 10.4. The van der Waals surface area contributed by atoms with Gasteiger partial charge in [-0.15, -0.1) is 0 Å². The van der Waals surface area contributed by atoms with E-state index in [-0.39, 0.29) is 0 Å². The Hall–Kier alpha value is -0.605. The topological polar surface area (TPSA) is 32.3 Å². The van der Waals surface area contributed by atoms with Crippen molar-refractivity contribution in [3.63, 3.8) is 0 Å². The average Bonchev–Trinajstić information content (AvgIpc) is 2.18. The highest BCUT2D eigenvalue weighted by atomic mass is 32.2. The van der Waals surface area contributed by atoms with E-state index in [0.29, 0.717) is 0 Å². The summed E-state index contributed by atoms with van der Waals surface area (Å²) in [6.07, 6.45) is 0. The Morgan fingerprint density at radius 2 is 2.20 bits per heavy atom. The molecule has 0 saturated heterocycles. The number of aryl methyl sites for hydroxylation is 1. The summed E-state index contributed by atoms with van der Waals surface area (Å²) in [7, 11) is -0.502. The molecule has 0 unspecified atom stereocenters. The third kappa shape index (κ3) is 4.18. The number of anilines is 1. The lowest BCUT2D eigenvalue weighted by molar-refractivity contribution is 0.587. The molecule has 2 N–H and O–H groups in total. The Morgan fingerprint density at radius 3 is 2.80 bits per heavy atom. The quantitative estimate of drug-likeness (QED) is 0.753. The molecule has 0 spiro atoms. The van der Waals surface area contributed by atoms with Gasteiger partial charge in [-0.2, -0.15) is 11.8 Å². The molecule has 4 heteroatoms. The maximum atomic E-state index is 9.31. The molecule has 1 rings (SSSR count). The minimum atomic E-state index is -0.502. The van der Waals surface area contributed by atoms with E-state index in [1.807, 2.05) is 17.8 Å². The molecule has 1 aromatic rings. The average molecular weight is 223 g/mol. The Labute approximate surface area is 96.6 Å². The normalized spacial score (nSPS) is 10.1. The summed E-state index contributed by atoms with van der Waals surface area (Å²) >= 11 is 1.89. The van der Waals surface area contributed by atoms with Crippen molar-refractivity contribution in [1.29, 1.82) is 0 Å². The van der Waals surface area contributed by atoms with Gasteiger partial charge in [0.2, 0.25) is 0 Å². The number of rotatable bonds is 5. The van der Waals surface area contributed by atoms with Gasteiger partial charge in [0.1, 0.15) is 0 Å². The molecule has 15 heavy (non-hydrogen) atoms. The fraction of sp³-hybridized carbons (Fsp3) is 0.455. The molecule has 2 nitrogen and oxygen atoms in total. The van der Waals surface area contributed by atoms with Gasteiger partial charge in [-0.3, -0.25) is 0 Å². The van der Waals surface area contributed by atoms with Crippen LogP contribution in [0.15, 0.2) is 18.2 Å². The van der Waals surface area contributed by atoms with Gasteiger partial charge in [0.05, 0.1) is 0 Å². The van der Waals surface area contributed by atoms with Crippen molar-refractivity contribution in [3.8, 4) is 0 Å². The van der Waals surface area contributed by atoms with Crippen LogP contribution in [0.2, 0.25) is 6.82 Å². The van der Waals surface area contributed by atoms with E-state index in [0.717, 1.165) is 17.2 Å². The van der Waals surface area contributed by atoms with Crippen LogP contribution in [0, 0.1) is 6.92 Å². The zero-order chi connectivity index (χ0) is 11.3. The van der Waals surface area contributed by atoms with Crippen molar-refractivity contribution >= 4 is 24.5 Å². The van der Waals surface area contributed by atoms with Gasteiger partial charge in [0.25, 0.3) is 0 Å². The van der Waals surface area contributed by atoms with E-state index in [1.165, 1.54) is 11.1 Å². The van der Waals surface area contributed by atoms with Crippen molar-refractivity contribution in [2.45, 2.75) is 26.4 Å². The summed E-state index contributed by atoms with van der Waals surface area (Å²) in [4.78, 5) is 0. The monoisotopic (exact) mass is 223 g/mol. The lowest BCUT2D eigenvalue weighted by Crippen LogP contribution is -2.20. The first-order valence-electron chi connectivity index (χ1n) is 5.25. The number of thioether (sulfide) groups is 1. The van der Waals surface area contributed by atoms with Crippen LogP contribution in [-0.2, 0) is 5.75 Å². The summed E-state index contributed by atoms with van der Waals surface area (Å²) in [5.74, 6) is 2.11. The number of nitrogens with one attached hydrogen (secondary N) is 1. The van der Waals surface area contributed by atoms with E-state index in [9.17, 15) is 5.02 Å². The predicted octanol–water partition coefficient (Wildman–Crippen LogP) is 2.77. The van der Waals surface area contributed by atoms with Crippen LogP contribution >= 0.6 is 11.8 Å². The number of benzene rings is 1. The van der Waals surface area contributed by atoms with Gasteiger partial charge >= 0.3 is 7.05 Å². The van der Waals surface area contributed by atoms with Crippen molar-refractivity contribution in [2.24, 2.45) is 0 Å². The first-order chi connectivity index (χ1) is 7.13. The highest BCUT2D eigenvalue weighted by molar-refractivity contribution is 7.98. The number of hydrogen-bond acceptors (Lipinski definition) is 3. The van der Waals surface area contributed by atoms with Crippen molar-refractivity contribution in [3.05, 3.63) is 29.3 Å². The second-order valence-electron chi connectivity index (χ2n) is 3.62. The summed E-state index contributed by atoms with van der Waals surface area (Å²) in [6.45, 7) is 5.98. The van der Waals surface area contributed by atoms with Crippen LogP contribution < -0.4 is 5.23 Å². The minimum Gasteiger partial charge on any atom is -0.433 e. The van der Waals surface area contributed by atoms with Gasteiger partial charge in [-0.25, -0.2) is 0 Å². The van der Waals surface area contributed by atoms with Crippen LogP contribution in [0.25, 0.3) is 0 Å². The molecule has 1 aromatic carbocycles. The van der Waals surface area contributed by atoms with Gasteiger partial charge in [-0.1, -0.05) is 24.6 Å². The highest BCUT2D eigenvalue weighted by Gasteiger charge is 2.07. The number of hydrogen-bond donors (Lipinski definition) is 2. The van der Waals surface area contributed by atoms with Gasteiger partial charge in [0.15, 0.2) is 0 Å². The SMILES string of the molecule is CCSCc1cc(C)ccc1NB(C)O. The predicted molar refractivity (Wildman–Crippen MR) is 70.5 cm³/mol. The molecular formula is C11H18BNOS. The van der Waals surface area contributed by atoms with E-state index in [1.54, 1.807) is 6.82 Å². The lowest BCUT2D eigenvalue weighted by atomic mass is 9.88. The van der Waals surface area contributed by atoms with Gasteiger partial charge in [0, 0.05) is 11.4 Å². The largest absolute Gasteiger partial charge is 0.433 e. The summed E-state index contributed by atoms with van der Waals surface area (Å²) in [5, 5.41) is 12.4. The Kier molecular flexibility index (Phi) is 5.05. The standard InChI is InChI=1S/C11H18BNOS/c1-4-15-8-10-7-9(2)5-6-11(10)13-12(3)14/h5-7,13-14H,4,8H2,1-3H3. The molecule has 0 aliphatic heterocycles. The van der Waals surface area contributed by atoms with Crippen LogP contribution in [0.5, 0.6) is 0 Å². The smallest absolute Gasteiger partial charge is 0.406 e. The molecule has 0 radical (unpaired) electrons. The summed E-state index contributed by atoms with van der Waals surface area (Å²) in [6, 6.07) is 6.27. The first kappa shape index (κ1) is 12.5. The molecular weight excluding hydrogens is 205 g/mol. The maximum absolute atomic E-state index is 9.31.